The van der Waals surface area contributed by atoms with Crippen molar-refractivity contribution in [2.24, 2.45) is 5.73 Å². The Bertz CT molecular complexity index is 84.6. The van der Waals surface area contributed by atoms with Gasteiger partial charge in [-0.2, -0.15) is 0 Å². The van der Waals surface area contributed by atoms with Gasteiger partial charge in [0.05, 0.1) is 0 Å². The van der Waals surface area contributed by atoms with Gasteiger partial charge in [0.15, 0.2) is 0 Å². The zero-order chi connectivity index (χ0) is 7.11. The van der Waals surface area contributed by atoms with Gasteiger partial charge in [-0.15, -0.1) is 0 Å². The molecule has 54 valence electrons. The van der Waals surface area contributed by atoms with Crippen molar-refractivity contribution in [2.45, 2.75) is 39.5 Å². The van der Waals surface area contributed by atoms with E-state index in [1.165, 1.54) is 19.3 Å². The predicted molar refractivity (Wildman–Crippen MR) is 42.1 cm³/mol. The molecule has 1 nitrogen and oxygen atoms in total. The summed E-state index contributed by atoms with van der Waals surface area (Å²) < 4.78 is 0. The van der Waals surface area contributed by atoms with Crippen LogP contribution in [0, 0.1) is 0 Å². The van der Waals surface area contributed by atoms with Crippen LogP contribution < -0.4 is 5.73 Å². The molecule has 0 saturated heterocycles. The van der Waals surface area contributed by atoms with Crippen LogP contribution in [-0.2, 0) is 0 Å². The first-order chi connectivity index (χ1) is 4.39. The van der Waals surface area contributed by atoms with Crippen LogP contribution in [0.15, 0.2) is 11.8 Å². The summed E-state index contributed by atoms with van der Waals surface area (Å²) in [5.41, 5.74) is 6.58. The van der Waals surface area contributed by atoms with Crippen LogP contribution in [0.5, 0.6) is 0 Å². The topological polar surface area (TPSA) is 26.0 Å². The molecule has 0 radical (unpaired) electrons. The van der Waals surface area contributed by atoms with Crippen molar-refractivity contribution in [3.63, 3.8) is 0 Å². The van der Waals surface area contributed by atoms with Crippen LogP contribution in [-0.4, -0.2) is 0 Å². The lowest BCUT2D eigenvalue weighted by Gasteiger charge is -2.05. The first-order valence-corrected chi connectivity index (χ1v) is 3.84. The van der Waals surface area contributed by atoms with Gasteiger partial charge < -0.3 is 5.73 Å². The summed E-state index contributed by atoms with van der Waals surface area (Å²) in [7, 11) is 0. The Morgan fingerprint density at radius 2 is 2.00 bits per heavy atom. The third kappa shape index (κ3) is 4.07. The number of allylic oxidation sites excluding steroid dienone is 2. The van der Waals surface area contributed by atoms with Crippen LogP contribution in [0.25, 0.3) is 0 Å². The normalized spacial score (nSPS) is 17.3. The van der Waals surface area contributed by atoms with E-state index >= 15 is 0 Å². The Kier molecular flexibility index (Phi) is 5.38. The second-order valence-electron chi connectivity index (χ2n) is 2.02. The van der Waals surface area contributed by atoms with Crippen LogP contribution in [0.4, 0.5) is 0 Å². The van der Waals surface area contributed by atoms with Gasteiger partial charge in [0.25, 0.3) is 0 Å². The lowest BCUT2D eigenvalue weighted by Crippen LogP contribution is -2.00. The van der Waals surface area contributed by atoms with Crippen molar-refractivity contribution in [2.75, 3.05) is 0 Å². The average molecular weight is 127 g/mol. The van der Waals surface area contributed by atoms with Gasteiger partial charge in [-0.3, -0.25) is 0 Å². The maximum Gasteiger partial charge on any atom is 0.00399 e. The molecule has 0 amide bonds. The molecule has 0 fully saturated rings. The SMILES string of the molecule is CC.NC1=CCCCC1. The third-order valence-corrected chi connectivity index (χ3v) is 1.33. The molecule has 1 aliphatic rings. The lowest BCUT2D eigenvalue weighted by atomic mass is 10.1. The van der Waals surface area contributed by atoms with Gasteiger partial charge in [-0.25, -0.2) is 0 Å². The summed E-state index contributed by atoms with van der Waals surface area (Å²) in [6, 6.07) is 0. The molecule has 0 saturated carbocycles. The monoisotopic (exact) mass is 127 g/mol. The first-order valence-electron chi connectivity index (χ1n) is 3.84. The Hall–Kier alpha value is -0.460. The van der Waals surface area contributed by atoms with Crippen LogP contribution >= 0.6 is 0 Å². The number of hydrogen-bond donors (Lipinski definition) is 1. The zero-order valence-corrected chi connectivity index (χ0v) is 6.48. The van der Waals surface area contributed by atoms with Crippen molar-refractivity contribution in [1.82, 2.24) is 0 Å². The van der Waals surface area contributed by atoms with E-state index in [1.54, 1.807) is 0 Å². The van der Waals surface area contributed by atoms with Crippen molar-refractivity contribution >= 4 is 0 Å². The highest BCUT2D eigenvalue weighted by Crippen LogP contribution is 2.11. The highest BCUT2D eigenvalue weighted by Gasteiger charge is 1.95. The standard InChI is InChI=1S/C6H11N.C2H6/c7-6-4-2-1-3-5-6;1-2/h4H,1-3,5,7H2;1-2H3. The molecule has 1 heteroatoms. The molecule has 0 aromatic rings. The van der Waals surface area contributed by atoms with Gasteiger partial charge in [0.2, 0.25) is 0 Å². The maximum absolute atomic E-state index is 5.50. The number of rotatable bonds is 0. The van der Waals surface area contributed by atoms with Crippen LogP contribution in [0.1, 0.15) is 39.5 Å². The van der Waals surface area contributed by atoms with E-state index in [4.69, 9.17) is 5.73 Å². The Balaban J connectivity index is 0.000000291. The van der Waals surface area contributed by atoms with Gasteiger partial charge >= 0.3 is 0 Å². The van der Waals surface area contributed by atoms with Crippen LogP contribution in [0.2, 0.25) is 0 Å². The summed E-state index contributed by atoms with van der Waals surface area (Å²) >= 11 is 0. The van der Waals surface area contributed by atoms with E-state index in [0.717, 1.165) is 12.1 Å². The van der Waals surface area contributed by atoms with Crippen LogP contribution in [0.3, 0.4) is 0 Å². The molecular formula is C8H17N. The number of nitrogens with two attached hydrogens (primary N) is 1. The van der Waals surface area contributed by atoms with Crippen molar-refractivity contribution in [3.8, 4) is 0 Å². The fourth-order valence-electron chi connectivity index (χ4n) is 0.863. The fraction of sp³-hybridized carbons (Fsp3) is 0.750. The average Bonchev–Trinajstić information content (AvgIpc) is 1.94. The molecule has 1 aliphatic carbocycles. The molecule has 2 N–H and O–H groups in total. The third-order valence-electron chi connectivity index (χ3n) is 1.33. The van der Waals surface area contributed by atoms with Gasteiger partial charge in [-0.1, -0.05) is 19.9 Å². The molecule has 0 atom stereocenters. The smallest absolute Gasteiger partial charge is 0.00399 e. The Labute approximate surface area is 57.9 Å². The molecule has 0 heterocycles. The van der Waals surface area contributed by atoms with Crippen molar-refractivity contribution in [1.29, 1.82) is 0 Å². The van der Waals surface area contributed by atoms with Crippen molar-refractivity contribution in [3.05, 3.63) is 11.8 Å². The van der Waals surface area contributed by atoms with E-state index in [9.17, 15) is 0 Å². The second kappa shape index (κ2) is 5.67. The van der Waals surface area contributed by atoms with E-state index < -0.39 is 0 Å². The highest BCUT2D eigenvalue weighted by molar-refractivity contribution is 4.98. The molecule has 0 aromatic heterocycles. The molecule has 1 rings (SSSR count). The van der Waals surface area contributed by atoms with Gasteiger partial charge in [0.1, 0.15) is 0 Å². The molecular weight excluding hydrogens is 110 g/mol. The van der Waals surface area contributed by atoms with Crippen molar-refractivity contribution < 1.29 is 0 Å². The zero-order valence-electron chi connectivity index (χ0n) is 6.48. The summed E-state index contributed by atoms with van der Waals surface area (Å²) in [5.74, 6) is 0. The lowest BCUT2D eigenvalue weighted by molar-refractivity contribution is 0.696. The predicted octanol–water partition coefficient (Wildman–Crippen LogP) is 2.43. The first kappa shape index (κ1) is 8.54. The Morgan fingerprint density at radius 1 is 1.33 bits per heavy atom. The minimum Gasteiger partial charge on any atom is -0.402 e. The molecule has 0 spiro atoms. The molecule has 0 aliphatic heterocycles. The Morgan fingerprint density at radius 3 is 2.22 bits per heavy atom. The van der Waals surface area contributed by atoms with E-state index in [2.05, 4.69) is 6.08 Å². The van der Waals surface area contributed by atoms with Gasteiger partial charge in [-0.05, 0) is 25.7 Å². The van der Waals surface area contributed by atoms with E-state index in [-0.39, 0.29) is 0 Å². The number of hydrogen-bond acceptors (Lipinski definition) is 1. The summed E-state index contributed by atoms with van der Waals surface area (Å²) in [6.45, 7) is 4.00. The largest absolute Gasteiger partial charge is 0.402 e. The molecule has 0 bridgehead atoms. The highest BCUT2D eigenvalue weighted by atomic mass is 14.6. The van der Waals surface area contributed by atoms with Gasteiger partial charge in [0, 0.05) is 5.70 Å². The molecule has 0 unspecified atom stereocenters. The minimum atomic E-state index is 1.09. The summed E-state index contributed by atoms with van der Waals surface area (Å²) in [5, 5.41) is 0. The summed E-state index contributed by atoms with van der Waals surface area (Å²) in [4.78, 5) is 0. The quantitative estimate of drug-likeness (QED) is 0.531. The summed E-state index contributed by atoms with van der Waals surface area (Å²) in [6.07, 6.45) is 7.08. The maximum atomic E-state index is 5.50. The van der Waals surface area contributed by atoms with E-state index in [1.807, 2.05) is 13.8 Å². The fourth-order valence-corrected chi connectivity index (χ4v) is 0.863. The minimum absolute atomic E-state index is 1.09. The molecule has 9 heavy (non-hydrogen) atoms. The second-order valence-corrected chi connectivity index (χ2v) is 2.02. The van der Waals surface area contributed by atoms with E-state index in [0.29, 0.717) is 0 Å². The molecule has 0 aromatic carbocycles.